The van der Waals surface area contributed by atoms with Crippen LogP contribution in [-0.2, 0) is 17.5 Å². The van der Waals surface area contributed by atoms with Crippen molar-refractivity contribution in [2.45, 2.75) is 12.7 Å². The lowest BCUT2D eigenvalue weighted by molar-refractivity contribution is -0.141. The Labute approximate surface area is 203 Å². The van der Waals surface area contributed by atoms with Crippen molar-refractivity contribution in [3.63, 3.8) is 0 Å². The molecule has 0 saturated heterocycles. The molecule has 3 aromatic carbocycles. The Morgan fingerprint density at radius 3 is 2.40 bits per heavy atom. The number of nitrogens with zero attached hydrogens (tertiary/aromatic N) is 2. The van der Waals surface area contributed by atoms with Gasteiger partial charge in [0.1, 0.15) is 11.5 Å². The Morgan fingerprint density at radius 1 is 0.943 bits per heavy atom. The van der Waals surface area contributed by atoms with E-state index in [2.05, 4.69) is 10.4 Å². The lowest BCUT2D eigenvalue weighted by Gasteiger charge is -2.11. The van der Waals surface area contributed by atoms with Crippen molar-refractivity contribution in [1.82, 2.24) is 15.1 Å². The summed E-state index contributed by atoms with van der Waals surface area (Å²) in [5.74, 6) is 0.483. The molecule has 0 spiro atoms. The normalized spacial score (nSPS) is 11.2. The van der Waals surface area contributed by atoms with Crippen molar-refractivity contribution >= 4 is 17.5 Å². The molecule has 0 unspecified atom stereocenters. The highest BCUT2D eigenvalue weighted by atomic mass is 35.5. The summed E-state index contributed by atoms with van der Waals surface area (Å²) in [5.41, 5.74) is -0.203. The Bertz CT molecular complexity index is 1310. The number of benzene rings is 3. The first-order valence-electron chi connectivity index (χ1n) is 10.4. The fourth-order valence-electron chi connectivity index (χ4n) is 3.14. The molecular formula is C25H19ClF3N3O3. The van der Waals surface area contributed by atoms with E-state index in [4.69, 9.17) is 21.1 Å². The van der Waals surface area contributed by atoms with E-state index < -0.39 is 24.4 Å². The summed E-state index contributed by atoms with van der Waals surface area (Å²) in [5, 5.41) is 6.41. The Hall–Kier alpha value is -3.98. The average Bonchev–Trinajstić information content (AvgIpc) is 3.27. The number of amides is 1. The van der Waals surface area contributed by atoms with Crippen molar-refractivity contribution in [3.8, 4) is 23.1 Å². The van der Waals surface area contributed by atoms with Crippen LogP contribution in [0.4, 0.5) is 13.2 Å². The maximum Gasteiger partial charge on any atom is 0.435 e. The second kappa shape index (κ2) is 10.5. The molecule has 0 radical (unpaired) electrons. The second-order valence-electron chi connectivity index (χ2n) is 7.36. The molecule has 10 heteroatoms. The number of hydrogen-bond acceptors (Lipinski definition) is 4. The van der Waals surface area contributed by atoms with Crippen LogP contribution >= 0.6 is 11.6 Å². The molecular weight excluding hydrogens is 483 g/mol. The lowest BCUT2D eigenvalue weighted by atomic mass is 10.2. The molecule has 0 fully saturated rings. The van der Waals surface area contributed by atoms with E-state index in [1.807, 2.05) is 30.3 Å². The molecule has 180 valence electrons. The van der Waals surface area contributed by atoms with Crippen molar-refractivity contribution in [2.75, 3.05) is 6.61 Å². The number of halogens is 4. The number of carbonyl (C=O) groups excluding carboxylic acids is 1. The monoisotopic (exact) mass is 501 g/mol. The molecule has 4 aromatic rings. The Kier molecular flexibility index (Phi) is 7.26. The number of hydrogen-bond donors (Lipinski definition) is 1. The van der Waals surface area contributed by atoms with Gasteiger partial charge in [-0.25, -0.2) is 0 Å². The quantitative estimate of drug-likeness (QED) is 0.320. The fraction of sp³-hybridized carbons (Fsp3) is 0.120. The van der Waals surface area contributed by atoms with Gasteiger partial charge in [0, 0.05) is 12.6 Å². The van der Waals surface area contributed by atoms with Crippen LogP contribution in [0.3, 0.4) is 0 Å². The zero-order chi connectivity index (χ0) is 24.8. The molecule has 1 N–H and O–H groups in total. The van der Waals surface area contributed by atoms with Gasteiger partial charge in [-0.1, -0.05) is 54.1 Å². The largest absolute Gasteiger partial charge is 0.467 e. The number of alkyl halides is 3. The minimum atomic E-state index is -4.69. The van der Waals surface area contributed by atoms with Gasteiger partial charge in [-0.2, -0.15) is 23.0 Å². The molecule has 35 heavy (non-hydrogen) atoms. The highest BCUT2D eigenvalue weighted by Gasteiger charge is 2.36. The van der Waals surface area contributed by atoms with Gasteiger partial charge >= 0.3 is 6.18 Å². The molecule has 0 aliphatic carbocycles. The predicted molar refractivity (Wildman–Crippen MR) is 124 cm³/mol. The highest BCUT2D eigenvalue weighted by molar-refractivity contribution is 6.32. The zero-order valence-electron chi connectivity index (χ0n) is 18.1. The number of ether oxygens (including phenoxy) is 2. The van der Waals surface area contributed by atoms with Crippen LogP contribution in [0.5, 0.6) is 17.4 Å². The van der Waals surface area contributed by atoms with E-state index >= 15 is 0 Å². The molecule has 0 saturated carbocycles. The second-order valence-corrected chi connectivity index (χ2v) is 7.76. The van der Waals surface area contributed by atoms with E-state index in [9.17, 15) is 18.0 Å². The van der Waals surface area contributed by atoms with Gasteiger partial charge in [-0.05, 0) is 42.0 Å². The summed E-state index contributed by atoms with van der Waals surface area (Å²) in [4.78, 5) is 12.3. The van der Waals surface area contributed by atoms with Crippen LogP contribution in [-0.4, -0.2) is 22.3 Å². The van der Waals surface area contributed by atoms with E-state index in [0.29, 0.717) is 11.5 Å². The van der Waals surface area contributed by atoms with E-state index in [0.717, 1.165) is 16.3 Å². The van der Waals surface area contributed by atoms with Crippen molar-refractivity contribution < 1.29 is 27.4 Å². The third-order valence-electron chi connectivity index (χ3n) is 4.77. The average molecular weight is 502 g/mol. The number of rotatable bonds is 8. The van der Waals surface area contributed by atoms with Gasteiger partial charge in [0.15, 0.2) is 12.3 Å². The molecule has 0 aliphatic heterocycles. The molecule has 0 atom stereocenters. The van der Waals surface area contributed by atoms with E-state index in [1.165, 1.54) is 12.1 Å². The molecule has 4 rings (SSSR count). The van der Waals surface area contributed by atoms with Crippen LogP contribution in [0.15, 0.2) is 84.9 Å². The smallest absolute Gasteiger partial charge is 0.435 e. The van der Waals surface area contributed by atoms with Gasteiger partial charge in [0.25, 0.3) is 5.91 Å². The third kappa shape index (κ3) is 6.33. The summed E-state index contributed by atoms with van der Waals surface area (Å²) >= 11 is 6.11. The number of aromatic nitrogens is 2. The fourth-order valence-corrected chi connectivity index (χ4v) is 3.35. The third-order valence-corrected chi connectivity index (χ3v) is 5.09. The maximum atomic E-state index is 13.2. The molecule has 1 heterocycles. The van der Waals surface area contributed by atoms with Gasteiger partial charge in [0.2, 0.25) is 5.88 Å². The maximum absolute atomic E-state index is 13.2. The van der Waals surface area contributed by atoms with E-state index in [-0.39, 0.29) is 23.1 Å². The number of para-hydroxylation sites is 2. The number of nitrogens with one attached hydrogen (secondary N) is 1. The summed E-state index contributed by atoms with van der Waals surface area (Å²) < 4.78 is 51.7. The van der Waals surface area contributed by atoms with Crippen LogP contribution in [0, 0.1) is 0 Å². The predicted octanol–water partition coefficient (Wildman–Crippen LogP) is 6.03. The summed E-state index contributed by atoms with van der Waals surface area (Å²) in [7, 11) is 0. The number of carbonyl (C=O) groups is 1. The highest BCUT2D eigenvalue weighted by Crippen LogP contribution is 2.33. The van der Waals surface area contributed by atoms with Gasteiger partial charge in [-0.3, -0.25) is 4.79 Å². The molecule has 0 bridgehead atoms. The van der Waals surface area contributed by atoms with Crippen LogP contribution in [0.2, 0.25) is 5.02 Å². The van der Waals surface area contributed by atoms with Crippen LogP contribution < -0.4 is 14.8 Å². The Balaban J connectivity index is 1.40. The summed E-state index contributed by atoms with van der Waals surface area (Å²) in [6.07, 6.45) is -4.69. The summed E-state index contributed by atoms with van der Waals surface area (Å²) in [6, 6.07) is 23.4. The van der Waals surface area contributed by atoms with Gasteiger partial charge in [-0.15, -0.1) is 0 Å². The minimum Gasteiger partial charge on any atom is -0.467 e. The van der Waals surface area contributed by atoms with Crippen LogP contribution in [0.1, 0.15) is 11.3 Å². The zero-order valence-corrected chi connectivity index (χ0v) is 18.9. The molecule has 1 amide bonds. The van der Waals surface area contributed by atoms with Gasteiger partial charge in [0.05, 0.1) is 10.7 Å². The molecule has 6 nitrogen and oxygen atoms in total. The minimum absolute atomic E-state index is 0.172. The molecule has 1 aromatic heterocycles. The first kappa shape index (κ1) is 24.2. The summed E-state index contributed by atoms with van der Waals surface area (Å²) in [6.45, 7) is -0.348. The topological polar surface area (TPSA) is 65.4 Å². The van der Waals surface area contributed by atoms with Crippen molar-refractivity contribution in [3.05, 3.63) is 101 Å². The first-order valence-corrected chi connectivity index (χ1v) is 10.8. The SMILES string of the molecule is O=C(COc1cc(C(F)(F)F)nn1-c1ccccc1Cl)NCc1cccc(Oc2ccccc2)c1. The van der Waals surface area contributed by atoms with Crippen LogP contribution in [0.25, 0.3) is 5.69 Å². The lowest BCUT2D eigenvalue weighted by Crippen LogP contribution is -2.28. The van der Waals surface area contributed by atoms with Gasteiger partial charge < -0.3 is 14.8 Å². The first-order chi connectivity index (χ1) is 16.8. The van der Waals surface area contributed by atoms with Crippen molar-refractivity contribution in [2.24, 2.45) is 0 Å². The van der Waals surface area contributed by atoms with Crippen molar-refractivity contribution in [1.29, 1.82) is 0 Å². The van der Waals surface area contributed by atoms with E-state index in [1.54, 1.807) is 36.4 Å². The molecule has 0 aliphatic rings. The standard InChI is InChI=1S/C25H19ClF3N3O3/c26-20-11-4-5-12-21(20)32-24(14-22(31-32)25(27,28)29)34-16-23(33)30-15-17-7-6-10-19(13-17)35-18-8-2-1-3-9-18/h1-14H,15-16H2,(H,30,33). The Morgan fingerprint density at radius 2 is 1.66 bits per heavy atom.